The first kappa shape index (κ1) is 11.8. The Hall–Kier alpha value is -2.26. The van der Waals surface area contributed by atoms with Crippen LogP contribution in [0.5, 0.6) is 0 Å². The summed E-state index contributed by atoms with van der Waals surface area (Å²) in [5.41, 5.74) is 8.72. The molecular formula is C15H12ClN3. The average molecular weight is 270 g/mol. The first-order valence-electron chi connectivity index (χ1n) is 5.91. The van der Waals surface area contributed by atoms with E-state index in [1.165, 1.54) is 0 Å². The first-order valence-corrected chi connectivity index (χ1v) is 6.29. The average Bonchev–Trinajstić information content (AvgIpc) is 2.82. The van der Waals surface area contributed by atoms with E-state index in [0.717, 1.165) is 16.9 Å². The van der Waals surface area contributed by atoms with Crippen LogP contribution in [0.15, 0.2) is 60.7 Å². The number of aromatic nitrogens is 2. The Balaban J connectivity index is 2.07. The monoisotopic (exact) mass is 269 g/mol. The number of para-hydroxylation sites is 1. The standard InChI is InChI=1S/C15H12ClN3/c16-12-6-4-5-11(9-12)14-10-15(17)19(18-14)13-7-2-1-3-8-13/h1-10H,17H2. The Bertz CT molecular complexity index is 704. The van der Waals surface area contributed by atoms with E-state index in [1.807, 2.05) is 60.7 Å². The van der Waals surface area contributed by atoms with Crippen LogP contribution >= 0.6 is 11.6 Å². The largest absolute Gasteiger partial charge is 0.384 e. The van der Waals surface area contributed by atoms with Crippen LogP contribution in [0.4, 0.5) is 5.82 Å². The SMILES string of the molecule is Nc1cc(-c2cccc(Cl)c2)nn1-c1ccccc1. The Morgan fingerprint density at radius 3 is 2.47 bits per heavy atom. The molecule has 0 aliphatic carbocycles. The maximum Gasteiger partial charge on any atom is 0.127 e. The lowest BCUT2D eigenvalue weighted by Crippen LogP contribution is -2.01. The number of nitrogens with two attached hydrogens (primary N) is 1. The Kier molecular flexibility index (Phi) is 2.97. The molecular weight excluding hydrogens is 258 g/mol. The molecule has 0 atom stereocenters. The summed E-state index contributed by atoms with van der Waals surface area (Å²) in [6.07, 6.45) is 0. The molecule has 1 heterocycles. The zero-order valence-electron chi connectivity index (χ0n) is 10.1. The normalized spacial score (nSPS) is 10.6. The molecule has 94 valence electrons. The zero-order chi connectivity index (χ0) is 13.2. The van der Waals surface area contributed by atoms with Gasteiger partial charge >= 0.3 is 0 Å². The third-order valence-electron chi connectivity index (χ3n) is 2.86. The summed E-state index contributed by atoms with van der Waals surface area (Å²) < 4.78 is 1.72. The molecule has 0 spiro atoms. The fourth-order valence-electron chi connectivity index (χ4n) is 1.96. The highest BCUT2D eigenvalue weighted by Crippen LogP contribution is 2.24. The van der Waals surface area contributed by atoms with Crippen molar-refractivity contribution >= 4 is 17.4 Å². The predicted molar refractivity (Wildman–Crippen MR) is 78.4 cm³/mol. The van der Waals surface area contributed by atoms with Crippen LogP contribution in [0.3, 0.4) is 0 Å². The second kappa shape index (κ2) is 4.78. The molecule has 3 rings (SSSR count). The van der Waals surface area contributed by atoms with Gasteiger partial charge < -0.3 is 5.73 Å². The highest BCUT2D eigenvalue weighted by molar-refractivity contribution is 6.30. The van der Waals surface area contributed by atoms with Gasteiger partial charge in [-0.1, -0.05) is 41.9 Å². The van der Waals surface area contributed by atoms with Crippen LogP contribution in [0, 0.1) is 0 Å². The molecule has 0 fully saturated rings. The molecule has 0 radical (unpaired) electrons. The van der Waals surface area contributed by atoms with Crippen molar-refractivity contribution in [2.45, 2.75) is 0 Å². The highest BCUT2D eigenvalue weighted by atomic mass is 35.5. The smallest absolute Gasteiger partial charge is 0.127 e. The molecule has 0 bridgehead atoms. The summed E-state index contributed by atoms with van der Waals surface area (Å²) in [6.45, 7) is 0. The second-order valence-corrected chi connectivity index (χ2v) is 4.65. The molecule has 19 heavy (non-hydrogen) atoms. The van der Waals surface area contributed by atoms with Crippen LogP contribution < -0.4 is 5.73 Å². The highest BCUT2D eigenvalue weighted by Gasteiger charge is 2.08. The summed E-state index contributed by atoms with van der Waals surface area (Å²) in [4.78, 5) is 0. The summed E-state index contributed by atoms with van der Waals surface area (Å²) >= 11 is 5.99. The number of nitrogens with zero attached hydrogens (tertiary/aromatic N) is 2. The number of benzene rings is 2. The van der Waals surface area contributed by atoms with Gasteiger partial charge in [0.05, 0.1) is 11.4 Å². The van der Waals surface area contributed by atoms with Crippen molar-refractivity contribution in [2.75, 3.05) is 5.73 Å². The van der Waals surface area contributed by atoms with Gasteiger partial charge in [0.25, 0.3) is 0 Å². The van der Waals surface area contributed by atoms with E-state index in [4.69, 9.17) is 17.3 Å². The van der Waals surface area contributed by atoms with E-state index in [0.29, 0.717) is 10.8 Å². The number of nitrogen functional groups attached to an aromatic ring is 1. The van der Waals surface area contributed by atoms with Gasteiger partial charge in [0.15, 0.2) is 0 Å². The lowest BCUT2D eigenvalue weighted by molar-refractivity contribution is 0.895. The van der Waals surface area contributed by atoms with Crippen molar-refractivity contribution in [1.82, 2.24) is 9.78 Å². The number of hydrogen-bond donors (Lipinski definition) is 1. The van der Waals surface area contributed by atoms with Gasteiger partial charge in [-0.25, -0.2) is 4.68 Å². The molecule has 0 amide bonds. The lowest BCUT2D eigenvalue weighted by atomic mass is 10.1. The fourth-order valence-corrected chi connectivity index (χ4v) is 2.15. The molecule has 3 nitrogen and oxygen atoms in total. The van der Waals surface area contributed by atoms with Gasteiger partial charge in [0.1, 0.15) is 5.82 Å². The van der Waals surface area contributed by atoms with E-state index >= 15 is 0 Å². The van der Waals surface area contributed by atoms with Gasteiger partial charge in [-0.05, 0) is 24.3 Å². The van der Waals surface area contributed by atoms with Crippen LogP contribution in [0.1, 0.15) is 0 Å². The Morgan fingerprint density at radius 1 is 0.947 bits per heavy atom. The van der Waals surface area contributed by atoms with Gasteiger partial charge in [0, 0.05) is 16.7 Å². The molecule has 2 aromatic carbocycles. The zero-order valence-corrected chi connectivity index (χ0v) is 10.9. The number of anilines is 1. The maximum absolute atomic E-state index is 6.02. The topological polar surface area (TPSA) is 43.8 Å². The third-order valence-corrected chi connectivity index (χ3v) is 3.09. The minimum atomic E-state index is 0.598. The van der Waals surface area contributed by atoms with Crippen molar-refractivity contribution in [1.29, 1.82) is 0 Å². The van der Waals surface area contributed by atoms with Gasteiger partial charge in [-0.3, -0.25) is 0 Å². The molecule has 2 N–H and O–H groups in total. The molecule has 0 aliphatic rings. The molecule has 0 saturated carbocycles. The molecule has 4 heteroatoms. The van der Waals surface area contributed by atoms with E-state index in [2.05, 4.69) is 5.10 Å². The number of hydrogen-bond acceptors (Lipinski definition) is 2. The van der Waals surface area contributed by atoms with E-state index in [9.17, 15) is 0 Å². The molecule has 1 aromatic heterocycles. The fraction of sp³-hybridized carbons (Fsp3) is 0. The number of halogens is 1. The van der Waals surface area contributed by atoms with E-state index in [1.54, 1.807) is 4.68 Å². The van der Waals surface area contributed by atoms with Crippen LogP contribution in [0.2, 0.25) is 5.02 Å². The summed E-state index contributed by atoms with van der Waals surface area (Å²) in [7, 11) is 0. The Morgan fingerprint density at radius 2 is 1.74 bits per heavy atom. The van der Waals surface area contributed by atoms with Crippen molar-refractivity contribution < 1.29 is 0 Å². The van der Waals surface area contributed by atoms with Gasteiger partial charge in [-0.2, -0.15) is 5.10 Å². The minimum Gasteiger partial charge on any atom is -0.384 e. The Labute approximate surface area is 116 Å². The first-order chi connectivity index (χ1) is 9.24. The predicted octanol–water partition coefficient (Wildman–Crippen LogP) is 3.77. The van der Waals surface area contributed by atoms with Crippen molar-refractivity contribution in [3.8, 4) is 16.9 Å². The van der Waals surface area contributed by atoms with Crippen molar-refractivity contribution in [3.05, 3.63) is 65.7 Å². The van der Waals surface area contributed by atoms with Gasteiger partial charge in [-0.15, -0.1) is 0 Å². The summed E-state index contributed by atoms with van der Waals surface area (Å²) in [6, 6.07) is 19.2. The van der Waals surface area contributed by atoms with Crippen LogP contribution in [-0.2, 0) is 0 Å². The van der Waals surface area contributed by atoms with Gasteiger partial charge in [0.2, 0.25) is 0 Å². The second-order valence-electron chi connectivity index (χ2n) is 4.21. The molecule has 0 saturated heterocycles. The van der Waals surface area contributed by atoms with Crippen molar-refractivity contribution in [3.63, 3.8) is 0 Å². The van der Waals surface area contributed by atoms with Crippen molar-refractivity contribution in [2.24, 2.45) is 0 Å². The quantitative estimate of drug-likeness (QED) is 0.769. The van der Waals surface area contributed by atoms with Crippen LogP contribution in [0.25, 0.3) is 16.9 Å². The molecule has 0 unspecified atom stereocenters. The minimum absolute atomic E-state index is 0.598. The molecule has 3 aromatic rings. The lowest BCUT2D eigenvalue weighted by Gasteiger charge is -2.02. The maximum atomic E-state index is 6.02. The summed E-state index contributed by atoms with van der Waals surface area (Å²) in [5.74, 6) is 0.598. The molecule has 0 aliphatic heterocycles. The number of rotatable bonds is 2. The summed E-state index contributed by atoms with van der Waals surface area (Å²) in [5, 5.41) is 5.21. The van der Waals surface area contributed by atoms with E-state index < -0.39 is 0 Å². The van der Waals surface area contributed by atoms with E-state index in [-0.39, 0.29) is 0 Å². The third kappa shape index (κ3) is 2.33. The van der Waals surface area contributed by atoms with Crippen LogP contribution in [-0.4, -0.2) is 9.78 Å².